The van der Waals surface area contributed by atoms with Crippen LogP contribution in [0.4, 0.5) is 5.69 Å². The standard InChI is InChI=1S/C19H16N4O4S/c1-13-4-2-6-15(10-13)23-28(24,25)17-7-3-5-14(11-17)19-21-18(22-27-19)12-16-8-9-20-26-16/h2-11,23H,12H2,1H3. The van der Waals surface area contributed by atoms with E-state index < -0.39 is 10.0 Å². The van der Waals surface area contributed by atoms with Gasteiger partial charge in [0.1, 0.15) is 5.76 Å². The van der Waals surface area contributed by atoms with E-state index in [0.717, 1.165) is 5.56 Å². The van der Waals surface area contributed by atoms with Gasteiger partial charge in [0.2, 0.25) is 0 Å². The third-order valence-electron chi connectivity index (χ3n) is 3.95. The number of benzene rings is 2. The molecule has 0 unspecified atom stereocenters. The smallest absolute Gasteiger partial charge is 0.261 e. The summed E-state index contributed by atoms with van der Waals surface area (Å²) in [4.78, 5) is 4.39. The lowest BCUT2D eigenvalue weighted by atomic mass is 10.2. The molecule has 0 radical (unpaired) electrons. The van der Waals surface area contributed by atoms with E-state index in [2.05, 4.69) is 20.0 Å². The summed E-state index contributed by atoms with van der Waals surface area (Å²) in [6.07, 6.45) is 1.86. The number of anilines is 1. The lowest BCUT2D eigenvalue weighted by Gasteiger charge is -2.09. The lowest BCUT2D eigenvalue weighted by molar-refractivity contribution is 0.382. The Hall–Kier alpha value is -3.46. The number of hydrogen-bond acceptors (Lipinski definition) is 7. The number of aryl methyl sites for hydroxylation is 1. The molecule has 0 atom stereocenters. The number of hydrogen-bond donors (Lipinski definition) is 1. The molecule has 2 heterocycles. The third kappa shape index (κ3) is 3.94. The molecular formula is C19H16N4O4S. The van der Waals surface area contributed by atoms with Crippen LogP contribution in [0.3, 0.4) is 0 Å². The summed E-state index contributed by atoms with van der Waals surface area (Å²) < 4.78 is 38.3. The molecule has 2 aromatic carbocycles. The Morgan fingerprint density at radius 3 is 2.68 bits per heavy atom. The summed E-state index contributed by atoms with van der Waals surface area (Å²) in [5, 5.41) is 7.52. The predicted molar refractivity (Wildman–Crippen MR) is 101 cm³/mol. The molecule has 0 saturated heterocycles. The van der Waals surface area contributed by atoms with Crippen LogP contribution in [0.5, 0.6) is 0 Å². The van der Waals surface area contributed by atoms with Crippen molar-refractivity contribution >= 4 is 15.7 Å². The highest BCUT2D eigenvalue weighted by molar-refractivity contribution is 7.92. The summed E-state index contributed by atoms with van der Waals surface area (Å²) in [5.41, 5.74) is 1.96. The summed E-state index contributed by atoms with van der Waals surface area (Å²) in [6.45, 7) is 1.89. The first-order valence-electron chi connectivity index (χ1n) is 8.42. The zero-order valence-corrected chi connectivity index (χ0v) is 15.7. The molecule has 1 N–H and O–H groups in total. The van der Waals surface area contributed by atoms with Crippen LogP contribution in [0, 0.1) is 6.92 Å². The Kier molecular flexibility index (Phi) is 4.66. The van der Waals surface area contributed by atoms with Crippen molar-refractivity contribution in [3.8, 4) is 11.5 Å². The second kappa shape index (κ2) is 7.28. The molecule has 9 heteroatoms. The van der Waals surface area contributed by atoms with E-state index in [0.29, 0.717) is 29.3 Å². The molecule has 28 heavy (non-hydrogen) atoms. The molecule has 8 nitrogen and oxygen atoms in total. The first kappa shape index (κ1) is 17.9. The molecule has 4 rings (SSSR count). The average molecular weight is 396 g/mol. The molecule has 0 spiro atoms. The van der Waals surface area contributed by atoms with Crippen molar-refractivity contribution in [3.05, 3.63) is 77.9 Å². The summed E-state index contributed by atoms with van der Waals surface area (Å²) in [5.74, 6) is 1.24. The molecule has 4 aromatic rings. The molecule has 0 aliphatic carbocycles. The van der Waals surface area contributed by atoms with E-state index in [1.54, 1.807) is 36.4 Å². The van der Waals surface area contributed by atoms with E-state index >= 15 is 0 Å². The first-order valence-corrected chi connectivity index (χ1v) is 9.90. The van der Waals surface area contributed by atoms with Crippen molar-refractivity contribution in [2.24, 2.45) is 0 Å². The lowest BCUT2D eigenvalue weighted by Crippen LogP contribution is -2.13. The Bertz CT molecular complexity index is 1200. The summed E-state index contributed by atoms with van der Waals surface area (Å²) in [7, 11) is -3.76. The fraction of sp³-hybridized carbons (Fsp3) is 0.105. The third-order valence-corrected chi connectivity index (χ3v) is 5.33. The molecule has 0 fully saturated rings. The Labute approximate surface area is 161 Å². The van der Waals surface area contributed by atoms with Gasteiger partial charge in [0.15, 0.2) is 5.82 Å². The fourth-order valence-corrected chi connectivity index (χ4v) is 3.75. The molecule has 2 aromatic heterocycles. The quantitative estimate of drug-likeness (QED) is 0.531. The van der Waals surface area contributed by atoms with E-state index in [1.165, 1.54) is 18.3 Å². The van der Waals surface area contributed by atoms with Gasteiger partial charge in [-0.3, -0.25) is 4.72 Å². The van der Waals surface area contributed by atoms with Gasteiger partial charge in [-0.1, -0.05) is 28.5 Å². The summed E-state index contributed by atoms with van der Waals surface area (Å²) >= 11 is 0. The maximum atomic E-state index is 12.7. The van der Waals surface area contributed by atoms with Gasteiger partial charge in [-0.2, -0.15) is 4.98 Å². The van der Waals surface area contributed by atoms with Crippen LogP contribution < -0.4 is 4.72 Å². The van der Waals surface area contributed by atoms with Gasteiger partial charge in [0.05, 0.1) is 17.5 Å². The van der Waals surface area contributed by atoms with E-state index in [-0.39, 0.29) is 10.8 Å². The van der Waals surface area contributed by atoms with Gasteiger partial charge in [-0.25, -0.2) is 8.42 Å². The van der Waals surface area contributed by atoms with Crippen LogP contribution in [-0.4, -0.2) is 23.7 Å². The van der Waals surface area contributed by atoms with Gasteiger partial charge in [-0.05, 0) is 42.8 Å². The number of sulfonamides is 1. The van der Waals surface area contributed by atoms with E-state index in [1.807, 2.05) is 13.0 Å². The van der Waals surface area contributed by atoms with Crippen molar-refractivity contribution in [1.82, 2.24) is 15.3 Å². The van der Waals surface area contributed by atoms with Crippen molar-refractivity contribution in [2.75, 3.05) is 4.72 Å². The SMILES string of the molecule is Cc1cccc(NS(=O)(=O)c2cccc(-c3nc(Cc4ccno4)no3)c2)c1. The topological polar surface area (TPSA) is 111 Å². The van der Waals surface area contributed by atoms with Crippen LogP contribution >= 0.6 is 0 Å². The predicted octanol–water partition coefficient (Wildman–Crippen LogP) is 3.42. The van der Waals surface area contributed by atoms with Crippen molar-refractivity contribution in [1.29, 1.82) is 0 Å². The summed E-state index contributed by atoms with van der Waals surface area (Å²) in [6, 6.07) is 15.2. The minimum absolute atomic E-state index is 0.0986. The van der Waals surface area contributed by atoms with Gasteiger partial charge in [0.25, 0.3) is 15.9 Å². The molecule has 0 saturated carbocycles. The molecule has 0 bridgehead atoms. The molecule has 0 aliphatic rings. The number of nitrogens with zero attached hydrogens (tertiary/aromatic N) is 3. The van der Waals surface area contributed by atoms with Crippen molar-refractivity contribution < 1.29 is 17.5 Å². The normalized spacial score (nSPS) is 11.5. The molecule has 142 valence electrons. The van der Waals surface area contributed by atoms with Crippen LogP contribution in [0.2, 0.25) is 0 Å². The highest BCUT2D eigenvalue weighted by Gasteiger charge is 2.17. The largest absolute Gasteiger partial charge is 0.361 e. The minimum atomic E-state index is -3.76. The maximum absolute atomic E-state index is 12.7. The zero-order chi connectivity index (χ0) is 19.6. The van der Waals surface area contributed by atoms with Crippen LogP contribution in [0.25, 0.3) is 11.5 Å². The monoisotopic (exact) mass is 396 g/mol. The fourth-order valence-electron chi connectivity index (χ4n) is 2.65. The number of aromatic nitrogens is 3. The van der Waals surface area contributed by atoms with Gasteiger partial charge in [-0.15, -0.1) is 0 Å². The second-order valence-corrected chi connectivity index (χ2v) is 7.86. The average Bonchev–Trinajstić information content (AvgIpc) is 3.34. The Balaban J connectivity index is 1.58. The van der Waals surface area contributed by atoms with Gasteiger partial charge >= 0.3 is 0 Å². The minimum Gasteiger partial charge on any atom is -0.361 e. The Morgan fingerprint density at radius 2 is 1.89 bits per heavy atom. The van der Waals surface area contributed by atoms with Crippen molar-refractivity contribution in [2.45, 2.75) is 18.2 Å². The Morgan fingerprint density at radius 1 is 1.04 bits per heavy atom. The highest BCUT2D eigenvalue weighted by atomic mass is 32.2. The van der Waals surface area contributed by atoms with Gasteiger partial charge in [0, 0.05) is 17.3 Å². The van der Waals surface area contributed by atoms with Crippen LogP contribution in [-0.2, 0) is 16.4 Å². The molecular weight excluding hydrogens is 380 g/mol. The first-order chi connectivity index (χ1) is 13.5. The zero-order valence-electron chi connectivity index (χ0n) is 14.9. The number of rotatable bonds is 6. The maximum Gasteiger partial charge on any atom is 0.261 e. The molecule has 0 amide bonds. The number of nitrogens with one attached hydrogen (secondary N) is 1. The molecule has 0 aliphatic heterocycles. The van der Waals surface area contributed by atoms with Crippen LogP contribution in [0.15, 0.2) is 74.7 Å². The van der Waals surface area contributed by atoms with E-state index in [4.69, 9.17) is 9.05 Å². The highest BCUT2D eigenvalue weighted by Crippen LogP contribution is 2.23. The van der Waals surface area contributed by atoms with Gasteiger partial charge < -0.3 is 9.05 Å². The second-order valence-electron chi connectivity index (χ2n) is 6.17. The van der Waals surface area contributed by atoms with Crippen molar-refractivity contribution in [3.63, 3.8) is 0 Å². The van der Waals surface area contributed by atoms with Crippen LogP contribution in [0.1, 0.15) is 17.1 Å². The van der Waals surface area contributed by atoms with E-state index in [9.17, 15) is 8.42 Å².